The van der Waals surface area contributed by atoms with Crippen LogP contribution >= 0.6 is 15.9 Å². The normalized spacial score (nSPS) is 16.4. The molecular formula is C14H16BrN3O2. The quantitative estimate of drug-likeness (QED) is 0.915. The van der Waals surface area contributed by atoms with Gasteiger partial charge in [-0.25, -0.2) is 0 Å². The minimum Gasteiger partial charge on any atom is -0.378 e. The van der Waals surface area contributed by atoms with Crippen molar-refractivity contribution < 1.29 is 9.53 Å². The van der Waals surface area contributed by atoms with Gasteiger partial charge in [0.25, 0.3) is 0 Å². The molecule has 20 heavy (non-hydrogen) atoms. The largest absolute Gasteiger partial charge is 0.378 e. The number of morpholine rings is 1. The molecule has 0 aliphatic carbocycles. The number of ether oxygens (including phenoxy) is 1. The Morgan fingerprint density at radius 1 is 1.50 bits per heavy atom. The van der Waals surface area contributed by atoms with Crippen molar-refractivity contribution in [2.75, 3.05) is 31.6 Å². The van der Waals surface area contributed by atoms with Gasteiger partial charge in [-0.15, -0.1) is 0 Å². The molecule has 106 valence electrons. The zero-order valence-electron chi connectivity index (χ0n) is 11.2. The molecule has 1 heterocycles. The third kappa shape index (κ3) is 3.50. The topological polar surface area (TPSA) is 65.4 Å². The second-order valence-electron chi connectivity index (χ2n) is 4.61. The molecule has 1 N–H and O–H groups in total. The molecule has 1 saturated heterocycles. The molecule has 1 amide bonds. The number of carbonyl (C=O) groups is 1. The second kappa shape index (κ2) is 6.73. The highest BCUT2D eigenvalue weighted by Crippen LogP contribution is 2.24. The summed E-state index contributed by atoms with van der Waals surface area (Å²) in [6.45, 7) is 4.30. The number of nitrogens with zero attached hydrogens (tertiary/aromatic N) is 2. The van der Waals surface area contributed by atoms with Crippen LogP contribution in [0.4, 0.5) is 5.69 Å². The summed E-state index contributed by atoms with van der Waals surface area (Å²) < 4.78 is 6.02. The summed E-state index contributed by atoms with van der Waals surface area (Å²) in [5, 5.41) is 12.0. The first-order valence-corrected chi connectivity index (χ1v) is 7.24. The van der Waals surface area contributed by atoms with Gasteiger partial charge in [-0.3, -0.25) is 4.79 Å². The number of anilines is 1. The van der Waals surface area contributed by atoms with Gasteiger partial charge >= 0.3 is 0 Å². The molecule has 1 atom stereocenters. The van der Waals surface area contributed by atoms with E-state index in [-0.39, 0.29) is 11.9 Å². The van der Waals surface area contributed by atoms with Crippen LogP contribution in [-0.4, -0.2) is 43.2 Å². The molecule has 0 spiro atoms. The Labute approximate surface area is 126 Å². The van der Waals surface area contributed by atoms with E-state index < -0.39 is 0 Å². The zero-order valence-corrected chi connectivity index (χ0v) is 12.8. The van der Waals surface area contributed by atoms with Gasteiger partial charge in [0.15, 0.2) is 0 Å². The van der Waals surface area contributed by atoms with Crippen molar-refractivity contribution >= 4 is 27.5 Å². The molecule has 1 aliphatic heterocycles. The van der Waals surface area contributed by atoms with Crippen LogP contribution in [0.1, 0.15) is 12.5 Å². The molecule has 0 saturated carbocycles. The highest BCUT2D eigenvalue weighted by molar-refractivity contribution is 9.10. The third-order valence-corrected chi connectivity index (χ3v) is 3.82. The summed E-state index contributed by atoms with van der Waals surface area (Å²) in [6.07, 6.45) is 0. The Morgan fingerprint density at radius 3 is 2.80 bits per heavy atom. The number of amides is 1. The van der Waals surface area contributed by atoms with Gasteiger partial charge in [-0.1, -0.05) is 0 Å². The Bertz CT molecular complexity index is 536. The van der Waals surface area contributed by atoms with Gasteiger partial charge in [0.2, 0.25) is 5.91 Å². The molecule has 2 rings (SSSR count). The lowest BCUT2D eigenvalue weighted by Crippen LogP contribution is -2.47. The van der Waals surface area contributed by atoms with Crippen LogP contribution in [0.2, 0.25) is 0 Å². The van der Waals surface area contributed by atoms with Gasteiger partial charge in [-0.05, 0) is 41.1 Å². The molecule has 1 aromatic rings. The zero-order chi connectivity index (χ0) is 14.5. The molecule has 6 heteroatoms. The lowest BCUT2D eigenvalue weighted by Gasteiger charge is -2.29. The van der Waals surface area contributed by atoms with E-state index in [4.69, 9.17) is 10.00 Å². The number of halogens is 1. The Balaban J connectivity index is 2.02. The Kier molecular flexibility index (Phi) is 4.99. The number of nitrogens with one attached hydrogen (secondary N) is 1. The number of nitriles is 1. The minimum atomic E-state index is -0.322. The third-order valence-electron chi connectivity index (χ3n) is 3.16. The van der Waals surface area contributed by atoms with Crippen LogP contribution in [0.3, 0.4) is 0 Å². The van der Waals surface area contributed by atoms with E-state index in [1.807, 2.05) is 6.92 Å². The fourth-order valence-electron chi connectivity index (χ4n) is 2.05. The molecule has 1 fully saturated rings. The average Bonchev–Trinajstić information content (AvgIpc) is 2.49. The predicted octanol–water partition coefficient (Wildman–Crippen LogP) is 1.98. The molecular weight excluding hydrogens is 322 g/mol. The first kappa shape index (κ1) is 14.8. The summed E-state index contributed by atoms with van der Waals surface area (Å²) in [4.78, 5) is 14.1. The van der Waals surface area contributed by atoms with Crippen molar-refractivity contribution in [1.29, 1.82) is 5.26 Å². The number of carbonyl (C=O) groups excluding carboxylic acids is 1. The monoisotopic (exact) mass is 337 g/mol. The molecule has 1 aromatic carbocycles. The van der Waals surface area contributed by atoms with Crippen LogP contribution in [0.5, 0.6) is 0 Å². The van der Waals surface area contributed by atoms with Crippen molar-refractivity contribution in [3.63, 3.8) is 0 Å². The first-order chi connectivity index (χ1) is 9.61. The van der Waals surface area contributed by atoms with Crippen molar-refractivity contribution in [2.24, 2.45) is 0 Å². The van der Waals surface area contributed by atoms with E-state index in [0.717, 1.165) is 10.2 Å². The maximum atomic E-state index is 12.3. The van der Waals surface area contributed by atoms with Crippen molar-refractivity contribution in [3.8, 4) is 6.07 Å². The summed E-state index contributed by atoms with van der Waals surface area (Å²) in [6, 6.07) is 7.00. The SMILES string of the molecule is CC(Nc1ccc(C#N)cc1Br)C(=O)N1CCOCC1. The predicted molar refractivity (Wildman–Crippen MR) is 79.3 cm³/mol. The van der Waals surface area contributed by atoms with Crippen LogP contribution in [0.15, 0.2) is 22.7 Å². The van der Waals surface area contributed by atoms with Crippen molar-refractivity contribution in [2.45, 2.75) is 13.0 Å². The summed E-state index contributed by atoms with van der Waals surface area (Å²) >= 11 is 3.40. The van der Waals surface area contributed by atoms with Gasteiger partial charge in [0, 0.05) is 23.2 Å². The number of hydrogen-bond acceptors (Lipinski definition) is 4. The molecule has 0 aromatic heterocycles. The highest BCUT2D eigenvalue weighted by Gasteiger charge is 2.22. The smallest absolute Gasteiger partial charge is 0.244 e. The van der Waals surface area contributed by atoms with E-state index in [0.29, 0.717) is 31.9 Å². The highest BCUT2D eigenvalue weighted by atomic mass is 79.9. The second-order valence-corrected chi connectivity index (χ2v) is 5.46. The fourth-order valence-corrected chi connectivity index (χ4v) is 2.55. The Morgan fingerprint density at radius 2 is 2.20 bits per heavy atom. The average molecular weight is 338 g/mol. The van der Waals surface area contributed by atoms with Crippen molar-refractivity contribution in [1.82, 2.24) is 4.90 Å². The summed E-state index contributed by atoms with van der Waals surface area (Å²) in [5.41, 5.74) is 1.38. The molecule has 0 bridgehead atoms. The molecule has 1 aliphatic rings. The maximum Gasteiger partial charge on any atom is 0.244 e. The first-order valence-electron chi connectivity index (χ1n) is 6.44. The van der Waals surface area contributed by atoms with Crippen molar-refractivity contribution in [3.05, 3.63) is 28.2 Å². The fraction of sp³-hybridized carbons (Fsp3) is 0.429. The molecule has 1 unspecified atom stereocenters. The van der Waals surface area contributed by atoms with Gasteiger partial charge in [0.1, 0.15) is 6.04 Å². The summed E-state index contributed by atoms with van der Waals surface area (Å²) in [7, 11) is 0. The lowest BCUT2D eigenvalue weighted by molar-refractivity contribution is -0.135. The van der Waals surface area contributed by atoms with Crippen LogP contribution < -0.4 is 5.32 Å². The standard InChI is InChI=1S/C14H16BrN3O2/c1-10(14(19)18-4-6-20-7-5-18)17-13-3-2-11(9-16)8-12(13)15/h2-3,8,10,17H,4-7H2,1H3. The summed E-state index contributed by atoms with van der Waals surface area (Å²) in [5.74, 6) is 0.0598. The van der Waals surface area contributed by atoms with E-state index in [2.05, 4.69) is 27.3 Å². The number of rotatable bonds is 3. The van der Waals surface area contributed by atoms with E-state index >= 15 is 0 Å². The Hall–Kier alpha value is -1.58. The van der Waals surface area contributed by atoms with Gasteiger partial charge < -0.3 is 15.0 Å². The van der Waals surface area contributed by atoms with E-state index in [1.165, 1.54) is 0 Å². The molecule has 0 radical (unpaired) electrons. The van der Waals surface area contributed by atoms with Crippen LogP contribution in [0, 0.1) is 11.3 Å². The molecule has 5 nitrogen and oxygen atoms in total. The van der Waals surface area contributed by atoms with E-state index in [9.17, 15) is 4.79 Å². The van der Waals surface area contributed by atoms with Crippen LogP contribution in [0.25, 0.3) is 0 Å². The number of hydrogen-bond donors (Lipinski definition) is 1. The van der Waals surface area contributed by atoms with Gasteiger partial charge in [0.05, 0.1) is 24.8 Å². The van der Waals surface area contributed by atoms with Gasteiger partial charge in [-0.2, -0.15) is 5.26 Å². The minimum absolute atomic E-state index is 0.0598. The van der Waals surface area contributed by atoms with Crippen LogP contribution in [-0.2, 0) is 9.53 Å². The lowest BCUT2D eigenvalue weighted by atomic mass is 10.2. The van der Waals surface area contributed by atoms with E-state index in [1.54, 1.807) is 23.1 Å². The number of benzene rings is 1. The maximum absolute atomic E-state index is 12.3.